The van der Waals surface area contributed by atoms with Gasteiger partial charge in [-0.3, -0.25) is 4.79 Å². The minimum absolute atomic E-state index is 0.0216. The summed E-state index contributed by atoms with van der Waals surface area (Å²) >= 11 is 0. The molecule has 1 aromatic heterocycles. The summed E-state index contributed by atoms with van der Waals surface area (Å²) in [5.74, 6) is -0.476. The van der Waals surface area contributed by atoms with Crippen molar-refractivity contribution in [1.82, 2.24) is 4.72 Å². The van der Waals surface area contributed by atoms with Gasteiger partial charge in [-0.25, -0.2) is 17.9 Å². The molecule has 1 heterocycles. The normalized spacial score (nSPS) is 11.1. The number of hydrogen-bond donors (Lipinski definition) is 2. The molecule has 0 atom stereocenters. The van der Waals surface area contributed by atoms with E-state index in [1.165, 1.54) is 43.7 Å². The van der Waals surface area contributed by atoms with Gasteiger partial charge in [-0.15, -0.1) is 0 Å². The number of benzene rings is 2. The van der Waals surface area contributed by atoms with Crippen LogP contribution in [0.25, 0.3) is 0 Å². The van der Waals surface area contributed by atoms with Crippen LogP contribution in [0.1, 0.15) is 26.5 Å². The Labute approximate surface area is 167 Å². The lowest BCUT2D eigenvalue weighted by Gasteiger charge is -2.08. The maximum atomic E-state index is 12.4. The van der Waals surface area contributed by atoms with Gasteiger partial charge >= 0.3 is 5.97 Å². The molecule has 2 N–H and O–H groups in total. The van der Waals surface area contributed by atoms with E-state index in [0.29, 0.717) is 17.0 Å². The minimum Gasteiger partial charge on any atom is -0.468 e. The van der Waals surface area contributed by atoms with Crippen molar-refractivity contribution < 1.29 is 27.2 Å². The average Bonchev–Trinajstić information content (AvgIpc) is 3.26. The molecule has 0 spiro atoms. The average molecular weight is 414 g/mol. The van der Waals surface area contributed by atoms with Gasteiger partial charge in [0.25, 0.3) is 5.91 Å². The molecule has 0 unspecified atom stereocenters. The SMILES string of the molecule is COC(=O)c1cccc(NC(=O)c2ccc(S(=O)(=O)NCc3ccco3)cc2)c1. The smallest absolute Gasteiger partial charge is 0.337 e. The van der Waals surface area contributed by atoms with Gasteiger partial charge in [-0.1, -0.05) is 6.07 Å². The molecular weight excluding hydrogens is 396 g/mol. The van der Waals surface area contributed by atoms with Crippen LogP contribution in [0.2, 0.25) is 0 Å². The molecule has 0 aliphatic heterocycles. The third-order valence-electron chi connectivity index (χ3n) is 3.98. The van der Waals surface area contributed by atoms with E-state index in [-0.39, 0.29) is 17.0 Å². The van der Waals surface area contributed by atoms with Gasteiger partial charge in [0, 0.05) is 11.3 Å². The lowest BCUT2D eigenvalue weighted by atomic mass is 10.1. The minimum atomic E-state index is -3.75. The summed E-state index contributed by atoms with van der Waals surface area (Å²) < 4.78 is 36.8. The van der Waals surface area contributed by atoms with Crippen LogP contribution < -0.4 is 10.0 Å². The molecule has 3 rings (SSSR count). The monoisotopic (exact) mass is 414 g/mol. The topological polar surface area (TPSA) is 115 Å². The molecule has 0 saturated heterocycles. The Balaban J connectivity index is 1.68. The molecule has 0 bridgehead atoms. The highest BCUT2D eigenvalue weighted by atomic mass is 32.2. The second-order valence-corrected chi connectivity index (χ2v) is 7.72. The summed E-state index contributed by atoms with van der Waals surface area (Å²) in [6, 6.07) is 15.1. The Morgan fingerprint density at radius 2 is 1.76 bits per heavy atom. The molecular formula is C20H18N2O6S. The van der Waals surface area contributed by atoms with Gasteiger partial charge in [0.2, 0.25) is 10.0 Å². The molecule has 150 valence electrons. The first kappa shape index (κ1) is 20.3. The molecule has 0 aliphatic rings. The summed E-state index contributed by atoms with van der Waals surface area (Å²) in [4.78, 5) is 24.0. The number of sulfonamides is 1. The fourth-order valence-corrected chi connectivity index (χ4v) is 3.49. The van der Waals surface area contributed by atoms with Crippen molar-refractivity contribution in [2.45, 2.75) is 11.4 Å². The predicted octanol–water partition coefficient (Wildman–Crippen LogP) is 2.80. The summed E-state index contributed by atoms with van der Waals surface area (Å²) in [6.07, 6.45) is 1.46. The fourth-order valence-electron chi connectivity index (χ4n) is 2.49. The molecule has 1 amide bonds. The molecule has 29 heavy (non-hydrogen) atoms. The zero-order valence-electron chi connectivity index (χ0n) is 15.4. The summed E-state index contributed by atoms with van der Waals surface area (Å²) in [6.45, 7) is 0.0219. The zero-order chi connectivity index (χ0) is 20.9. The fraction of sp³-hybridized carbons (Fsp3) is 0.100. The number of esters is 1. The predicted molar refractivity (Wildman–Crippen MR) is 105 cm³/mol. The quantitative estimate of drug-likeness (QED) is 0.575. The first-order valence-electron chi connectivity index (χ1n) is 8.51. The van der Waals surface area contributed by atoms with Gasteiger partial charge in [0.15, 0.2) is 0 Å². The second kappa shape index (κ2) is 8.72. The summed E-state index contributed by atoms with van der Waals surface area (Å²) in [5, 5.41) is 2.66. The van der Waals surface area contributed by atoms with Gasteiger partial charge in [-0.05, 0) is 54.6 Å². The van der Waals surface area contributed by atoms with Crippen molar-refractivity contribution in [3.05, 3.63) is 83.8 Å². The largest absolute Gasteiger partial charge is 0.468 e. The summed E-state index contributed by atoms with van der Waals surface area (Å²) in [5.41, 5.74) is 0.975. The van der Waals surface area contributed by atoms with Crippen molar-refractivity contribution in [1.29, 1.82) is 0 Å². The third kappa shape index (κ3) is 5.09. The van der Waals surface area contributed by atoms with Crippen LogP contribution in [0, 0.1) is 0 Å². The van der Waals surface area contributed by atoms with E-state index in [1.54, 1.807) is 30.3 Å². The maximum Gasteiger partial charge on any atom is 0.337 e. The van der Waals surface area contributed by atoms with Crippen molar-refractivity contribution in [2.24, 2.45) is 0 Å². The van der Waals surface area contributed by atoms with Crippen LogP contribution in [-0.4, -0.2) is 27.4 Å². The maximum absolute atomic E-state index is 12.4. The number of carbonyl (C=O) groups excluding carboxylic acids is 2. The van der Waals surface area contributed by atoms with Crippen LogP contribution in [0.3, 0.4) is 0 Å². The molecule has 3 aromatic rings. The Morgan fingerprint density at radius 1 is 1.00 bits per heavy atom. The lowest BCUT2D eigenvalue weighted by molar-refractivity contribution is 0.0600. The van der Waals surface area contributed by atoms with Gasteiger partial charge in [0.05, 0.1) is 30.4 Å². The molecule has 0 aliphatic carbocycles. The van der Waals surface area contributed by atoms with Crippen LogP contribution >= 0.6 is 0 Å². The highest BCUT2D eigenvalue weighted by Gasteiger charge is 2.16. The van der Waals surface area contributed by atoms with Crippen LogP contribution in [0.5, 0.6) is 0 Å². The van der Waals surface area contributed by atoms with E-state index in [1.807, 2.05) is 0 Å². The van der Waals surface area contributed by atoms with Crippen molar-refractivity contribution >= 4 is 27.6 Å². The molecule has 9 heteroatoms. The Bertz CT molecular complexity index is 1110. The van der Waals surface area contributed by atoms with E-state index in [0.717, 1.165) is 0 Å². The Hall–Kier alpha value is -3.43. The Kier molecular flexibility index (Phi) is 6.10. The number of anilines is 1. The van der Waals surface area contributed by atoms with E-state index in [9.17, 15) is 18.0 Å². The van der Waals surface area contributed by atoms with E-state index < -0.39 is 21.9 Å². The first-order valence-corrected chi connectivity index (χ1v) is 9.99. The van der Waals surface area contributed by atoms with E-state index in [4.69, 9.17) is 4.42 Å². The third-order valence-corrected chi connectivity index (χ3v) is 5.40. The highest BCUT2D eigenvalue weighted by Crippen LogP contribution is 2.15. The number of carbonyl (C=O) groups is 2. The Morgan fingerprint density at radius 3 is 2.41 bits per heavy atom. The number of nitrogens with one attached hydrogen (secondary N) is 2. The van der Waals surface area contributed by atoms with Crippen molar-refractivity contribution in [2.75, 3.05) is 12.4 Å². The lowest BCUT2D eigenvalue weighted by Crippen LogP contribution is -2.23. The van der Waals surface area contributed by atoms with Crippen LogP contribution in [-0.2, 0) is 21.3 Å². The molecule has 8 nitrogen and oxygen atoms in total. The summed E-state index contributed by atoms with van der Waals surface area (Å²) in [7, 11) is -2.48. The van der Waals surface area contributed by atoms with E-state index in [2.05, 4.69) is 14.8 Å². The van der Waals surface area contributed by atoms with Gasteiger partial charge < -0.3 is 14.5 Å². The van der Waals surface area contributed by atoms with Crippen LogP contribution in [0.15, 0.2) is 76.2 Å². The number of ether oxygens (including phenoxy) is 1. The number of hydrogen-bond acceptors (Lipinski definition) is 6. The van der Waals surface area contributed by atoms with E-state index >= 15 is 0 Å². The second-order valence-electron chi connectivity index (χ2n) is 5.95. The van der Waals surface area contributed by atoms with Gasteiger partial charge in [0.1, 0.15) is 5.76 Å². The van der Waals surface area contributed by atoms with Crippen molar-refractivity contribution in [3.8, 4) is 0 Å². The van der Waals surface area contributed by atoms with Crippen LogP contribution in [0.4, 0.5) is 5.69 Å². The number of rotatable bonds is 7. The molecule has 0 radical (unpaired) electrons. The first-order chi connectivity index (χ1) is 13.9. The number of amides is 1. The number of methoxy groups -OCH3 is 1. The molecule has 0 saturated carbocycles. The van der Waals surface area contributed by atoms with Gasteiger partial charge in [-0.2, -0.15) is 0 Å². The standard InChI is InChI=1S/C20H18N2O6S/c1-27-20(24)15-4-2-5-16(12-15)22-19(23)14-7-9-18(10-8-14)29(25,26)21-13-17-6-3-11-28-17/h2-12,21H,13H2,1H3,(H,22,23). The molecule has 2 aromatic carbocycles. The number of furan rings is 1. The highest BCUT2D eigenvalue weighted by molar-refractivity contribution is 7.89. The van der Waals surface area contributed by atoms with Crippen molar-refractivity contribution in [3.63, 3.8) is 0 Å². The zero-order valence-corrected chi connectivity index (χ0v) is 16.2. The molecule has 0 fully saturated rings.